The quantitative estimate of drug-likeness (QED) is 0.549. The number of rotatable bonds is 1. The molecular formula is C14H13Pd-. The van der Waals surface area contributed by atoms with Crippen molar-refractivity contribution in [3.63, 3.8) is 0 Å². The van der Waals surface area contributed by atoms with Crippen molar-refractivity contribution in [2.24, 2.45) is 0 Å². The first-order chi connectivity index (χ1) is 7.33. The summed E-state index contributed by atoms with van der Waals surface area (Å²) in [6, 6.07) is 10.1. The molecule has 0 aliphatic heterocycles. The Bertz CT molecular complexity index is 369. The van der Waals surface area contributed by atoms with Crippen LogP contribution in [-0.4, -0.2) is 3.98 Å². The van der Waals surface area contributed by atoms with Crippen LogP contribution in [0.1, 0.15) is 5.56 Å². The van der Waals surface area contributed by atoms with Gasteiger partial charge in [-0.15, -0.1) is 5.56 Å². The van der Waals surface area contributed by atoms with Crippen LogP contribution < -0.4 is 0 Å². The summed E-state index contributed by atoms with van der Waals surface area (Å²) in [5, 5.41) is 0. The summed E-state index contributed by atoms with van der Waals surface area (Å²) >= 11 is 3.04. The molecule has 0 heterocycles. The predicted octanol–water partition coefficient (Wildman–Crippen LogP) is 3.37. The van der Waals surface area contributed by atoms with Gasteiger partial charge in [-0.3, -0.25) is 0 Å². The molecule has 1 aromatic rings. The molecule has 0 atom stereocenters. The van der Waals surface area contributed by atoms with Crippen LogP contribution in [0.2, 0.25) is 0 Å². The molecule has 0 bridgehead atoms. The zero-order valence-corrected chi connectivity index (χ0v) is 9.93. The van der Waals surface area contributed by atoms with E-state index in [-0.39, 0.29) is 0 Å². The van der Waals surface area contributed by atoms with Gasteiger partial charge < -0.3 is 0 Å². The molecule has 0 nitrogen and oxygen atoms in total. The van der Waals surface area contributed by atoms with E-state index in [0.29, 0.717) is 0 Å². The molecule has 0 fully saturated rings. The van der Waals surface area contributed by atoms with Crippen molar-refractivity contribution in [2.75, 3.05) is 0 Å². The number of hydrogen-bond acceptors (Lipinski definition) is 0. The van der Waals surface area contributed by atoms with E-state index in [2.05, 4.69) is 25.7 Å². The monoisotopic (exact) mass is 287 g/mol. The zero-order valence-electron chi connectivity index (χ0n) is 8.37. The summed E-state index contributed by atoms with van der Waals surface area (Å²) in [5.74, 6) is 0. The van der Waals surface area contributed by atoms with Crippen molar-refractivity contribution in [3.8, 4) is 0 Å². The average Bonchev–Trinajstić information content (AvgIpc) is 2.72. The van der Waals surface area contributed by atoms with Gasteiger partial charge in [-0.1, -0.05) is 30.3 Å². The Morgan fingerprint density at radius 2 is 1.60 bits per heavy atom. The van der Waals surface area contributed by atoms with Gasteiger partial charge in [0, 0.05) is 0 Å². The Labute approximate surface area is 102 Å². The third-order valence-electron chi connectivity index (χ3n) is 1.71. The molecule has 0 amide bonds. The molecule has 0 N–H and O–H groups in total. The van der Waals surface area contributed by atoms with E-state index in [4.69, 9.17) is 0 Å². The summed E-state index contributed by atoms with van der Waals surface area (Å²) in [5.41, 5.74) is 1.20. The van der Waals surface area contributed by atoms with Crippen LogP contribution in [0.4, 0.5) is 0 Å². The van der Waals surface area contributed by atoms with Crippen LogP contribution in [0.15, 0.2) is 60.7 Å². The fourth-order valence-electron chi connectivity index (χ4n) is 1.04. The van der Waals surface area contributed by atoms with Crippen molar-refractivity contribution in [1.29, 1.82) is 0 Å². The van der Waals surface area contributed by atoms with Gasteiger partial charge >= 0.3 is 47.0 Å². The Balaban J connectivity index is 0.000000162. The minimum atomic E-state index is 1.19. The summed E-state index contributed by atoms with van der Waals surface area (Å²) in [6.45, 7) is 3.60. The third-order valence-corrected chi connectivity index (χ3v) is 2.23. The van der Waals surface area contributed by atoms with Crippen molar-refractivity contribution < 1.29 is 18.7 Å². The molecule has 0 radical (unpaired) electrons. The van der Waals surface area contributed by atoms with Crippen LogP contribution >= 0.6 is 0 Å². The van der Waals surface area contributed by atoms with Crippen LogP contribution in [0.25, 0.3) is 6.08 Å². The predicted molar refractivity (Wildman–Crippen MR) is 64.1 cm³/mol. The van der Waals surface area contributed by atoms with E-state index < -0.39 is 0 Å². The molecular weight excluding hydrogens is 275 g/mol. The fourth-order valence-corrected chi connectivity index (χ4v) is 1.34. The SMILES string of the molecule is [CH2-]C=Cc1ccccc1.[Pd]=[C]1C=CC=C1. The van der Waals surface area contributed by atoms with E-state index in [1.54, 1.807) is 6.08 Å². The molecule has 2 rings (SSSR count). The van der Waals surface area contributed by atoms with Crippen molar-refractivity contribution in [2.45, 2.75) is 0 Å². The summed E-state index contributed by atoms with van der Waals surface area (Å²) in [4.78, 5) is 0. The maximum atomic E-state index is 3.60. The van der Waals surface area contributed by atoms with E-state index >= 15 is 0 Å². The van der Waals surface area contributed by atoms with Gasteiger partial charge in [0.25, 0.3) is 0 Å². The van der Waals surface area contributed by atoms with Crippen molar-refractivity contribution in [1.82, 2.24) is 0 Å². The molecule has 1 aliphatic rings. The normalized spacial score (nSPS) is 13.1. The molecule has 0 saturated heterocycles. The van der Waals surface area contributed by atoms with Gasteiger partial charge in [0.2, 0.25) is 0 Å². The third kappa shape index (κ3) is 5.32. The zero-order chi connectivity index (χ0) is 10.9. The summed E-state index contributed by atoms with van der Waals surface area (Å²) in [7, 11) is 0. The van der Waals surface area contributed by atoms with Gasteiger partial charge in [0.15, 0.2) is 0 Å². The van der Waals surface area contributed by atoms with Gasteiger partial charge in [-0.2, -0.15) is 0 Å². The molecule has 15 heavy (non-hydrogen) atoms. The number of hydrogen-bond donors (Lipinski definition) is 0. The van der Waals surface area contributed by atoms with Crippen LogP contribution in [0.5, 0.6) is 0 Å². The Morgan fingerprint density at radius 3 is 2.00 bits per heavy atom. The van der Waals surface area contributed by atoms with Crippen LogP contribution in [-0.2, 0) is 18.7 Å². The first-order valence-electron chi connectivity index (χ1n) is 4.68. The molecule has 80 valence electrons. The fraction of sp³-hybridized carbons (Fsp3) is 0. The second-order valence-electron chi connectivity index (χ2n) is 2.88. The molecule has 1 aliphatic carbocycles. The van der Waals surface area contributed by atoms with Crippen molar-refractivity contribution in [3.05, 3.63) is 73.2 Å². The Morgan fingerprint density at radius 1 is 1.00 bits per heavy atom. The standard InChI is InChI=1S/C9H9.C5H4.Pd/c1-2-6-9-7-4-3-5-8-9;1-2-4-5-3-1;/h2-8H,1H2;1-4H;/q-1;;. The first kappa shape index (κ1) is 11.9. The van der Waals surface area contributed by atoms with Gasteiger partial charge in [-0.05, 0) is 0 Å². The van der Waals surface area contributed by atoms with Crippen LogP contribution in [0, 0.1) is 6.92 Å². The molecule has 0 aromatic heterocycles. The molecule has 0 unspecified atom stereocenters. The summed E-state index contributed by atoms with van der Waals surface area (Å²) in [6.07, 6.45) is 11.8. The Hall–Kier alpha value is -1.16. The van der Waals surface area contributed by atoms with E-state index in [9.17, 15) is 0 Å². The average molecular weight is 288 g/mol. The maximum absolute atomic E-state index is 3.60. The summed E-state index contributed by atoms with van der Waals surface area (Å²) < 4.78 is 1.19. The first-order valence-corrected chi connectivity index (χ1v) is 5.45. The minimum absolute atomic E-state index is 1.19. The topological polar surface area (TPSA) is 0 Å². The second kappa shape index (κ2) is 7.18. The van der Waals surface area contributed by atoms with Crippen molar-refractivity contribution >= 4 is 10.1 Å². The molecule has 0 spiro atoms. The van der Waals surface area contributed by atoms with Gasteiger partial charge in [-0.25, -0.2) is 19.1 Å². The second-order valence-corrected chi connectivity index (χ2v) is 3.78. The molecule has 0 saturated carbocycles. The molecule has 1 heteroatoms. The molecule has 1 aromatic carbocycles. The van der Waals surface area contributed by atoms with E-state index in [1.165, 1.54) is 9.55 Å². The number of benzene rings is 1. The van der Waals surface area contributed by atoms with Gasteiger partial charge in [0.05, 0.1) is 0 Å². The van der Waals surface area contributed by atoms with E-state index in [1.807, 2.05) is 60.7 Å². The Kier molecular flexibility index (Phi) is 5.70. The number of allylic oxidation sites excluding steroid dienone is 5. The van der Waals surface area contributed by atoms with Gasteiger partial charge in [0.1, 0.15) is 0 Å². The van der Waals surface area contributed by atoms with E-state index in [0.717, 1.165) is 0 Å². The van der Waals surface area contributed by atoms with Crippen LogP contribution in [0.3, 0.4) is 0 Å².